The van der Waals surface area contributed by atoms with Gasteiger partial charge in [-0.05, 0) is 50.6 Å². The Labute approximate surface area is 93.2 Å². The van der Waals surface area contributed by atoms with Crippen molar-refractivity contribution < 1.29 is 0 Å². The van der Waals surface area contributed by atoms with Crippen LogP contribution in [0, 0.1) is 11.8 Å². The number of nitrogens with two attached hydrogens (primary N) is 1. The summed E-state index contributed by atoms with van der Waals surface area (Å²) in [5, 5.41) is 0. The standard InChI is InChI=1S/C13H24N2/c14-12-10-6-8-15(9-7-10)13(12)11-4-2-1-3-5-11/h10-13H,1-9,14H2. The van der Waals surface area contributed by atoms with E-state index in [9.17, 15) is 0 Å². The first kappa shape index (κ1) is 10.1. The molecule has 0 radical (unpaired) electrons. The van der Waals surface area contributed by atoms with Gasteiger partial charge >= 0.3 is 0 Å². The van der Waals surface area contributed by atoms with E-state index in [0.717, 1.165) is 17.9 Å². The van der Waals surface area contributed by atoms with Crippen molar-refractivity contribution in [3.8, 4) is 0 Å². The molecule has 4 rings (SSSR count). The molecule has 0 aromatic carbocycles. The molecule has 86 valence electrons. The Bertz CT molecular complexity index is 213. The first-order valence-electron chi connectivity index (χ1n) is 6.86. The van der Waals surface area contributed by atoms with E-state index in [1.165, 1.54) is 58.0 Å². The van der Waals surface area contributed by atoms with E-state index in [2.05, 4.69) is 4.90 Å². The fraction of sp³-hybridized carbons (Fsp3) is 1.00. The molecule has 2 heteroatoms. The number of rotatable bonds is 1. The number of fused-ring (bicyclic) bond motifs is 3. The van der Waals surface area contributed by atoms with Crippen LogP contribution in [0.4, 0.5) is 0 Å². The highest BCUT2D eigenvalue weighted by atomic mass is 15.2. The maximum Gasteiger partial charge on any atom is 0.0278 e. The van der Waals surface area contributed by atoms with Crippen molar-refractivity contribution in [2.75, 3.05) is 13.1 Å². The van der Waals surface area contributed by atoms with E-state index in [-0.39, 0.29) is 0 Å². The summed E-state index contributed by atoms with van der Waals surface area (Å²) in [5.74, 6) is 1.78. The van der Waals surface area contributed by atoms with E-state index >= 15 is 0 Å². The monoisotopic (exact) mass is 208 g/mol. The lowest BCUT2D eigenvalue weighted by Gasteiger charge is -2.53. The van der Waals surface area contributed by atoms with E-state index in [4.69, 9.17) is 5.73 Å². The Balaban J connectivity index is 1.73. The van der Waals surface area contributed by atoms with Gasteiger partial charge in [0.25, 0.3) is 0 Å². The molecule has 15 heavy (non-hydrogen) atoms. The first-order valence-corrected chi connectivity index (χ1v) is 6.86. The van der Waals surface area contributed by atoms with Crippen LogP contribution in [-0.4, -0.2) is 30.1 Å². The minimum absolute atomic E-state index is 0.496. The molecule has 3 heterocycles. The van der Waals surface area contributed by atoms with Gasteiger partial charge in [0.05, 0.1) is 0 Å². The van der Waals surface area contributed by atoms with Crippen LogP contribution in [0.2, 0.25) is 0 Å². The first-order chi connectivity index (χ1) is 7.36. The summed E-state index contributed by atoms with van der Waals surface area (Å²) < 4.78 is 0. The fourth-order valence-electron chi connectivity index (χ4n) is 4.21. The molecule has 0 aromatic heterocycles. The second kappa shape index (κ2) is 4.06. The van der Waals surface area contributed by atoms with Crippen molar-refractivity contribution >= 4 is 0 Å². The van der Waals surface area contributed by atoms with E-state index in [1.54, 1.807) is 0 Å². The molecule has 3 saturated heterocycles. The van der Waals surface area contributed by atoms with Gasteiger partial charge in [0.2, 0.25) is 0 Å². The highest BCUT2D eigenvalue weighted by Gasteiger charge is 2.43. The van der Waals surface area contributed by atoms with Gasteiger partial charge in [0.1, 0.15) is 0 Å². The molecule has 3 aliphatic heterocycles. The number of hydrogen-bond acceptors (Lipinski definition) is 2. The molecule has 2 atom stereocenters. The van der Waals surface area contributed by atoms with Crippen LogP contribution < -0.4 is 5.73 Å². The molecule has 2 nitrogen and oxygen atoms in total. The van der Waals surface area contributed by atoms with Gasteiger partial charge in [-0.3, -0.25) is 4.90 Å². The largest absolute Gasteiger partial charge is 0.326 e. The van der Waals surface area contributed by atoms with Crippen LogP contribution in [0.15, 0.2) is 0 Å². The molecule has 1 saturated carbocycles. The molecular weight excluding hydrogens is 184 g/mol. The Morgan fingerprint density at radius 3 is 2.07 bits per heavy atom. The lowest BCUT2D eigenvalue weighted by molar-refractivity contribution is -0.0109. The van der Waals surface area contributed by atoms with Crippen LogP contribution in [-0.2, 0) is 0 Å². The van der Waals surface area contributed by atoms with Crippen molar-refractivity contribution in [1.29, 1.82) is 0 Å². The third-order valence-corrected chi connectivity index (χ3v) is 5.07. The molecule has 0 aromatic rings. The zero-order chi connectivity index (χ0) is 10.3. The van der Waals surface area contributed by atoms with Gasteiger partial charge in [-0.2, -0.15) is 0 Å². The summed E-state index contributed by atoms with van der Waals surface area (Å²) in [4.78, 5) is 2.71. The van der Waals surface area contributed by atoms with Crippen molar-refractivity contribution in [1.82, 2.24) is 4.90 Å². The number of piperidine rings is 3. The summed E-state index contributed by atoms with van der Waals surface area (Å²) in [6.07, 6.45) is 9.98. The van der Waals surface area contributed by atoms with Gasteiger partial charge < -0.3 is 5.73 Å². The van der Waals surface area contributed by atoms with Gasteiger partial charge in [-0.25, -0.2) is 0 Å². The molecular formula is C13H24N2. The van der Waals surface area contributed by atoms with Crippen molar-refractivity contribution in [3.05, 3.63) is 0 Å². The molecule has 2 unspecified atom stereocenters. The third kappa shape index (κ3) is 1.72. The summed E-state index contributed by atoms with van der Waals surface area (Å²) in [6.45, 7) is 2.67. The maximum absolute atomic E-state index is 6.45. The van der Waals surface area contributed by atoms with Gasteiger partial charge in [0.15, 0.2) is 0 Å². The molecule has 4 aliphatic rings. The van der Waals surface area contributed by atoms with Gasteiger partial charge in [0, 0.05) is 12.1 Å². The topological polar surface area (TPSA) is 29.3 Å². The van der Waals surface area contributed by atoms with Crippen molar-refractivity contribution in [2.45, 2.75) is 57.0 Å². The number of nitrogens with zero attached hydrogens (tertiary/aromatic N) is 1. The van der Waals surface area contributed by atoms with Gasteiger partial charge in [-0.15, -0.1) is 0 Å². The minimum atomic E-state index is 0.496. The van der Waals surface area contributed by atoms with E-state index < -0.39 is 0 Å². The third-order valence-electron chi connectivity index (χ3n) is 5.07. The second-order valence-corrected chi connectivity index (χ2v) is 5.84. The summed E-state index contributed by atoms with van der Waals surface area (Å²) in [7, 11) is 0. The summed E-state index contributed by atoms with van der Waals surface area (Å²) in [5.41, 5.74) is 6.45. The quantitative estimate of drug-likeness (QED) is 0.714. The average molecular weight is 208 g/mol. The normalized spacial score (nSPS) is 47.0. The zero-order valence-corrected chi connectivity index (χ0v) is 9.70. The molecule has 2 bridgehead atoms. The van der Waals surface area contributed by atoms with Crippen LogP contribution in [0.3, 0.4) is 0 Å². The lowest BCUT2D eigenvalue weighted by Crippen LogP contribution is -2.63. The van der Waals surface area contributed by atoms with E-state index in [0.29, 0.717) is 6.04 Å². The van der Waals surface area contributed by atoms with Crippen LogP contribution in [0.5, 0.6) is 0 Å². The molecule has 0 spiro atoms. The van der Waals surface area contributed by atoms with Crippen LogP contribution in [0.1, 0.15) is 44.9 Å². The highest BCUT2D eigenvalue weighted by Crippen LogP contribution is 2.39. The Kier molecular flexibility index (Phi) is 2.73. The fourth-order valence-corrected chi connectivity index (χ4v) is 4.21. The van der Waals surface area contributed by atoms with Crippen molar-refractivity contribution in [2.24, 2.45) is 17.6 Å². The van der Waals surface area contributed by atoms with Crippen LogP contribution >= 0.6 is 0 Å². The minimum Gasteiger partial charge on any atom is -0.326 e. The predicted molar refractivity (Wildman–Crippen MR) is 62.6 cm³/mol. The molecule has 0 amide bonds. The van der Waals surface area contributed by atoms with E-state index in [1.807, 2.05) is 0 Å². The highest BCUT2D eigenvalue weighted by molar-refractivity contribution is 5.00. The maximum atomic E-state index is 6.45. The zero-order valence-electron chi connectivity index (χ0n) is 9.70. The average Bonchev–Trinajstić information content (AvgIpc) is 2.31. The van der Waals surface area contributed by atoms with Gasteiger partial charge in [-0.1, -0.05) is 19.3 Å². The Morgan fingerprint density at radius 1 is 0.800 bits per heavy atom. The van der Waals surface area contributed by atoms with Crippen LogP contribution in [0.25, 0.3) is 0 Å². The molecule has 4 fully saturated rings. The Hall–Kier alpha value is -0.0800. The molecule has 1 aliphatic carbocycles. The SMILES string of the molecule is NC1C2CCN(CC2)C1C1CCCCC1. The summed E-state index contributed by atoms with van der Waals surface area (Å²) >= 11 is 0. The molecule has 2 N–H and O–H groups in total. The Morgan fingerprint density at radius 2 is 1.47 bits per heavy atom. The van der Waals surface area contributed by atoms with Crippen molar-refractivity contribution in [3.63, 3.8) is 0 Å². The number of hydrogen-bond donors (Lipinski definition) is 1. The summed E-state index contributed by atoms with van der Waals surface area (Å²) in [6, 6.07) is 1.24. The predicted octanol–water partition coefficient (Wildman–Crippen LogP) is 1.99. The second-order valence-electron chi connectivity index (χ2n) is 5.84. The smallest absolute Gasteiger partial charge is 0.0278 e. The lowest BCUT2D eigenvalue weighted by atomic mass is 9.71.